The summed E-state index contributed by atoms with van der Waals surface area (Å²) >= 11 is 1.53. The maximum Gasteiger partial charge on any atom is 0.418 e. The molecule has 5 rings (SSSR count). The Morgan fingerprint density at radius 3 is 2.47 bits per heavy atom. The molecule has 0 bridgehead atoms. The molecule has 4 aromatic heterocycles. The van der Waals surface area contributed by atoms with Gasteiger partial charge in [-0.1, -0.05) is 19.3 Å². The van der Waals surface area contributed by atoms with Crippen LogP contribution in [0.25, 0.3) is 11.6 Å². The first kappa shape index (κ1) is 27.5. The topological polar surface area (TPSA) is 99.6 Å². The summed E-state index contributed by atoms with van der Waals surface area (Å²) in [5.41, 5.74) is -1.67. The molecule has 0 aromatic carbocycles. The van der Waals surface area contributed by atoms with Crippen LogP contribution in [0.3, 0.4) is 0 Å². The van der Waals surface area contributed by atoms with E-state index in [9.17, 15) is 26.7 Å². The lowest BCUT2D eigenvalue weighted by Crippen LogP contribution is -2.30. The van der Waals surface area contributed by atoms with E-state index in [1.54, 1.807) is 6.20 Å². The molecule has 1 fully saturated rings. The Hall–Kier alpha value is -3.55. The minimum absolute atomic E-state index is 0.0611. The SMILES string of the molecule is Cc1ccns1.O=c1c(C2CCCCC2)cc(-c2nnc(C(F)F)o2)nn1Cc1ncccc1C(F)(F)F. The van der Waals surface area contributed by atoms with Gasteiger partial charge in [0.15, 0.2) is 0 Å². The molecule has 0 unspecified atom stereocenters. The highest BCUT2D eigenvalue weighted by Gasteiger charge is 2.34. The van der Waals surface area contributed by atoms with Crippen molar-refractivity contribution in [2.24, 2.45) is 0 Å². The highest BCUT2D eigenvalue weighted by atomic mass is 32.1. The number of hydrogen-bond donors (Lipinski definition) is 0. The summed E-state index contributed by atoms with van der Waals surface area (Å²) in [6, 6.07) is 5.41. The highest BCUT2D eigenvalue weighted by molar-refractivity contribution is 7.05. The molecule has 8 nitrogen and oxygen atoms in total. The van der Waals surface area contributed by atoms with Gasteiger partial charge >= 0.3 is 12.6 Å². The van der Waals surface area contributed by atoms with Crippen LogP contribution in [0.1, 0.15) is 72.0 Å². The maximum atomic E-state index is 13.4. The minimum atomic E-state index is -4.67. The third-order valence-electron chi connectivity index (χ3n) is 5.96. The quantitative estimate of drug-likeness (QED) is 0.271. The van der Waals surface area contributed by atoms with Crippen molar-refractivity contribution in [1.82, 2.24) is 29.3 Å². The number of rotatable bonds is 5. The maximum absolute atomic E-state index is 13.4. The Balaban J connectivity index is 0.000000494. The van der Waals surface area contributed by atoms with Gasteiger partial charge in [-0.2, -0.15) is 27.1 Å². The van der Waals surface area contributed by atoms with Crippen molar-refractivity contribution < 1.29 is 26.4 Å². The van der Waals surface area contributed by atoms with E-state index in [1.807, 2.05) is 13.0 Å². The largest absolute Gasteiger partial charge is 0.418 e. The van der Waals surface area contributed by atoms with Crippen LogP contribution >= 0.6 is 11.5 Å². The van der Waals surface area contributed by atoms with Crippen molar-refractivity contribution in [3.05, 3.63) is 74.6 Å². The van der Waals surface area contributed by atoms with Gasteiger partial charge in [-0.05, 0) is 61.5 Å². The van der Waals surface area contributed by atoms with Crippen molar-refractivity contribution in [3.8, 4) is 11.6 Å². The smallest absolute Gasteiger partial charge is 0.413 e. The molecule has 1 aliphatic rings. The van der Waals surface area contributed by atoms with Gasteiger partial charge in [0.25, 0.3) is 17.3 Å². The zero-order valence-electron chi connectivity index (χ0n) is 20.2. The standard InChI is InChI=1S/C20H18F5N5O2.C4H5NS/c21-16(22)18-28-27-17(32-18)14-9-12(11-5-2-1-3-6-11)19(31)30(29-14)10-15-13(20(23,24)25)7-4-8-26-15;1-4-2-3-5-6-4/h4,7-9,11,16H,1-3,5-6,10H2;2-3H,1H3. The van der Waals surface area contributed by atoms with Crippen LogP contribution in [-0.4, -0.2) is 29.3 Å². The van der Waals surface area contributed by atoms with Gasteiger partial charge in [0.05, 0.1) is 17.8 Å². The molecule has 4 aromatic rings. The first-order chi connectivity index (χ1) is 18.1. The molecule has 14 heteroatoms. The van der Waals surface area contributed by atoms with Crippen LogP contribution in [-0.2, 0) is 12.7 Å². The summed E-state index contributed by atoms with van der Waals surface area (Å²) in [4.78, 5) is 18.2. The zero-order chi connectivity index (χ0) is 27.3. The Morgan fingerprint density at radius 2 is 1.89 bits per heavy atom. The second-order valence-electron chi connectivity index (χ2n) is 8.65. The molecule has 0 atom stereocenters. The van der Waals surface area contributed by atoms with Crippen LogP contribution in [0.5, 0.6) is 0 Å². The number of pyridine rings is 1. The minimum Gasteiger partial charge on any atom is -0.413 e. The van der Waals surface area contributed by atoms with E-state index in [2.05, 4.69) is 24.7 Å². The van der Waals surface area contributed by atoms with Crippen molar-refractivity contribution in [2.75, 3.05) is 0 Å². The number of hydrogen-bond acceptors (Lipinski definition) is 8. The first-order valence-corrected chi connectivity index (χ1v) is 12.5. The van der Waals surface area contributed by atoms with Gasteiger partial charge < -0.3 is 4.42 Å². The third-order valence-corrected chi connectivity index (χ3v) is 6.61. The molecule has 0 N–H and O–H groups in total. The summed E-state index contributed by atoms with van der Waals surface area (Å²) < 4.78 is 75.6. The molecule has 38 heavy (non-hydrogen) atoms. The number of alkyl halides is 5. The van der Waals surface area contributed by atoms with E-state index < -0.39 is 36.2 Å². The monoisotopic (exact) mass is 554 g/mol. The number of nitrogens with zero attached hydrogens (tertiary/aromatic N) is 6. The van der Waals surface area contributed by atoms with Gasteiger partial charge in [-0.25, -0.2) is 9.06 Å². The Kier molecular flexibility index (Phi) is 8.59. The van der Waals surface area contributed by atoms with Gasteiger partial charge in [-0.3, -0.25) is 9.78 Å². The van der Waals surface area contributed by atoms with Crippen molar-refractivity contribution in [3.63, 3.8) is 0 Å². The average Bonchev–Trinajstić information content (AvgIpc) is 3.58. The van der Waals surface area contributed by atoms with E-state index in [-0.39, 0.29) is 23.2 Å². The van der Waals surface area contributed by atoms with Gasteiger partial charge in [-0.15, -0.1) is 10.2 Å². The van der Waals surface area contributed by atoms with Crippen LogP contribution < -0.4 is 5.56 Å². The van der Waals surface area contributed by atoms with Crippen molar-refractivity contribution >= 4 is 11.5 Å². The van der Waals surface area contributed by atoms with E-state index in [1.165, 1.54) is 28.7 Å². The van der Waals surface area contributed by atoms with E-state index in [0.29, 0.717) is 5.56 Å². The fraction of sp³-hybridized carbons (Fsp3) is 0.417. The molecule has 4 heterocycles. The average molecular weight is 555 g/mol. The summed E-state index contributed by atoms with van der Waals surface area (Å²) in [6.07, 6.45) is -0.406. The molecule has 0 amide bonds. The Bertz CT molecular complexity index is 1400. The molecule has 1 saturated carbocycles. The van der Waals surface area contributed by atoms with Crippen LogP contribution in [0.4, 0.5) is 22.0 Å². The summed E-state index contributed by atoms with van der Waals surface area (Å²) in [5.74, 6) is -1.39. The fourth-order valence-electron chi connectivity index (χ4n) is 4.15. The van der Waals surface area contributed by atoms with Crippen LogP contribution in [0.2, 0.25) is 0 Å². The van der Waals surface area contributed by atoms with E-state index in [0.717, 1.165) is 48.9 Å². The fourth-order valence-corrected chi connectivity index (χ4v) is 4.56. The van der Waals surface area contributed by atoms with E-state index >= 15 is 0 Å². The number of halogens is 5. The van der Waals surface area contributed by atoms with Gasteiger partial charge in [0.1, 0.15) is 5.69 Å². The zero-order valence-corrected chi connectivity index (χ0v) is 21.0. The summed E-state index contributed by atoms with van der Waals surface area (Å²) in [7, 11) is 0. The normalized spacial score (nSPS) is 14.4. The van der Waals surface area contributed by atoms with Crippen molar-refractivity contribution in [1.29, 1.82) is 0 Å². The molecule has 0 spiro atoms. The van der Waals surface area contributed by atoms with Crippen molar-refractivity contribution in [2.45, 2.75) is 64.1 Å². The van der Waals surface area contributed by atoms with E-state index in [4.69, 9.17) is 4.42 Å². The lowest BCUT2D eigenvalue weighted by atomic mass is 9.84. The molecule has 0 aliphatic heterocycles. The van der Waals surface area contributed by atoms with Crippen LogP contribution in [0, 0.1) is 6.92 Å². The Morgan fingerprint density at radius 1 is 1.13 bits per heavy atom. The van der Waals surface area contributed by atoms with Gasteiger partial charge in [0.2, 0.25) is 0 Å². The predicted molar refractivity (Wildman–Crippen MR) is 128 cm³/mol. The molecular weight excluding hydrogens is 531 g/mol. The van der Waals surface area contributed by atoms with Crippen LogP contribution in [0.15, 0.2) is 45.9 Å². The highest BCUT2D eigenvalue weighted by Crippen LogP contribution is 2.33. The first-order valence-electron chi connectivity index (χ1n) is 11.8. The number of aryl methyl sites for hydroxylation is 1. The lowest BCUT2D eigenvalue weighted by molar-refractivity contribution is -0.138. The summed E-state index contributed by atoms with van der Waals surface area (Å²) in [6.45, 7) is 1.48. The Labute approximate surface area is 217 Å². The number of aromatic nitrogens is 6. The lowest BCUT2D eigenvalue weighted by Gasteiger charge is -2.22. The second kappa shape index (κ2) is 11.9. The molecular formula is C24H23F5N6O2S. The van der Waals surface area contributed by atoms with Gasteiger partial charge in [0, 0.05) is 22.8 Å². The third kappa shape index (κ3) is 6.65. The second-order valence-corrected chi connectivity index (χ2v) is 9.68. The predicted octanol–water partition coefficient (Wildman–Crippen LogP) is 6.19. The molecule has 0 radical (unpaired) electrons. The molecule has 0 saturated heterocycles. The molecule has 1 aliphatic carbocycles. The molecule has 202 valence electrons. The summed E-state index contributed by atoms with van der Waals surface area (Å²) in [5, 5.41) is 10.9.